The number of methoxy groups -OCH3 is 1. The smallest absolute Gasteiger partial charge is 0.495 e. The summed E-state index contributed by atoms with van der Waals surface area (Å²) in [5, 5.41) is 7.98. The molecule has 0 saturated heterocycles. The van der Waals surface area contributed by atoms with Crippen molar-refractivity contribution in [3.05, 3.63) is 83.4 Å². The van der Waals surface area contributed by atoms with E-state index in [0.717, 1.165) is 24.2 Å². The van der Waals surface area contributed by atoms with E-state index in [0.29, 0.717) is 23.4 Å². The minimum atomic E-state index is -4.87. The van der Waals surface area contributed by atoms with E-state index in [1.54, 1.807) is 48.5 Å². The highest BCUT2D eigenvalue weighted by atomic mass is 19.4. The molecule has 40 heavy (non-hydrogen) atoms. The number of nitrogens with one attached hydrogen (secondary N) is 3. The molecule has 3 N–H and O–H groups in total. The fraction of sp³-hybridized carbons (Fsp3) is 0.286. The maximum Gasteiger partial charge on any atom is 0.573 e. The van der Waals surface area contributed by atoms with Crippen molar-refractivity contribution in [1.82, 2.24) is 15.5 Å². The van der Waals surface area contributed by atoms with E-state index in [1.165, 1.54) is 13.2 Å². The number of carbonyl (C=O) groups excluding carboxylic acids is 2. The maximum absolute atomic E-state index is 12.6. The van der Waals surface area contributed by atoms with Gasteiger partial charge in [0.15, 0.2) is 0 Å². The normalized spacial score (nSPS) is 11.1. The van der Waals surface area contributed by atoms with Gasteiger partial charge in [-0.05, 0) is 50.0 Å². The number of amides is 3. The Bertz CT molecular complexity index is 1280. The molecule has 3 aromatic rings. The highest BCUT2D eigenvalue weighted by molar-refractivity contribution is 5.94. The summed E-state index contributed by atoms with van der Waals surface area (Å²) in [4.78, 5) is 26.7. The molecule has 0 fully saturated rings. The minimum Gasteiger partial charge on any atom is -0.495 e. The van der Waals surface area contributed by atoms with Crippen LogP contribution >= 0.6 is 0 Å². The summed E-state index contributed by atoms with van der Waals surface area (Å²) in [6, 6.07) is 16.8. The van der Waals surface area contributed by atoms with Crippen molar-refractivity contribution < 1.29 is 37.0 Å². The van der Waals surface area contributed by atoms with E-state index < -0.39 is 18.1 Å². The molecule has 0 aliphatic rings. The summed E-state index contributed by atoms with van der Waals surface area (Å²) in [6.45, 7) is 1.60. The fourth-order valence-corrected chi connectivity index (χ4v) is 3.52. The molecule has 0 radical (unpaired) electrons. The maximum atomic E-state index is 12.6. The van der Waals surface area contributed by atoms with Crippen LogP contribution in [0.1, 0.15) is 21.5 Å². The number of hydrogen-bond acceptors (Lipinski definition) is 6. The lowest BCUT2D eigenvalue weighted by atomic mass is 10.1. The first-order valence-corrected chi connectivity index (χ1v) is 12.3. The monoisotopic (exact) mass is 560 g/mol. The largest absolute Gasteiger partial charge is 0.573 e. The molecule has 3 rings (SSSR count). The predicted molar refractivity (Wildman–Crippen MR) is 144 cm³/mol. The number of hydrogen-bond donors (Lipinski definition) is 3. The first-order chi connectivity index (χ1) is 19.0. The van der Waals surface area contributed by atoms with Crippen molar-refractivity contribution in [2.24, 2.45) is 0 Å². The number of rotatable bonds is 12. The average Bonchev–Trinajstić information content (AvgIpc) is 2.90. The van der Waals surface area contributed by atoms with Gasteiger partial charge in [0, 0.05) is 36.8 Å². The highest BCUT2D eigenvalue weighted by Crippen LogP contribution is 2.32. The van der Waals surface area contributed by atoms with Gasteiger partial charge in [-0.15, -0.1) is 13.2 Å². The Hall–Kier alpha value is -4.45. The van der Waals surface area contributed by atoms with E-state index in [9.17, 15) is 22.8 Å². The van der Waals surface area contributed by atoms with Crippen LogP contribution in [0.25, 0.3) is 0 Å². The van der Waals surface area contributed by atoms with Gasteiger partial charge >= 0.3 is 12.4 Å². The van der Waals surface area contributed by atoms with Crippen molar-refractivity contribution in [2.75, 3.05) is 39.6 Å². The Balaban J connectivity index is 1.56. The standard InChI is InChI=1S/C28H31F3N4O5/c1-35(2)15-14-32-26(36)20-10-8-19(9-11-20)18-39-24-7-5-4-6-21(24)17-33-27(37)34-23-16-22(40-28(29,30)31)12-13-25(23)38-3/h4-13,16H,14-15,17-18H2,1-3H3,(H,32,36)(H2,33,34,37). The van der Waals surface area contributed by atoms with Crippen LogP contribution in [-0.4, -0.2) is 57.5 Å². The summed E-state index contributed by atoms with van der Waals surface area (Å²) in [6.07, 6.45) is -4.87. The summed E-state index contributed by atoms with van der Waals surface area (Å²) in [5.41, 5.74) is 2.07. The van der Waals surface area contributed by atoms with Gasteiger partial charge in [0.1, 0.15) is 23.9 Å². The van der Waals surface area contributed by atoms with Gasteiger partial charge < -0.3 is 35.1 Å². The second-order valence-corrected chi connectivity index (χ2v) is 8.87. The van der Waals surface area contributed by atoms with Gasteiger partial charge in [0.2, 0.25) is 0 Å². The van der Waals surface area contributed by atoms with Gasteiger partial charge in [-0.1, -0.05) is 30.3 Å². The van der Waals surface area contributed by atoms with E-state index in [2.05, 4.69) is 20.7 Å². The van der Waals surface area contributed by atoms with Crippen molar-refractivity contribution in [3.63, 3.8) is 0 Å². The van der Waals surface area contributed by atoms with Crippen molar-refractivity contribution >= 4 is 17.6 Å². The number of carbonyl (C=O) groups is 2. The van der Waals surface area contributed by atoms with Gasteiger partial charge in [0.05, 0.1) is 12.8 Å². The van der Waals surface area contributed by atoms with Crippen LogP contribution in [0.5, 0.6) is 17.2 Å². The third kappa shape index (κ3) is 9.70. The number of anilines is 1. The van der Waals surface area contributed by atoms with E-state index >= 15 is 0 Å². The third-order valence-corrected chi connectivity index (χ3v) is 5.52. The lowest BCUT2D eigenvalue weighted by molar-refractivity contribution is -0.274. The molecule has 0 heterocycles. The molecule has 214 valence electrons. The summed E-state index contributed by atoms with van der Waals surface area (Å²) < 4.78 is 52.7. The zero-order valence-electron chi connectivity index (χ0n) is 22.3. The molecule has 3 amide bonds. The number of halogens is 3. The van der Waals surface area contributed by atoms with Crippen LogP contribution in [0.2, 0.25) is 0 Å². The van der Waals surface area contributed by atoms with E-state index in [-0.39, 0.29) is 30.5 Å². The topological polar surface area (TPSA) is 101 Å². The number of likely N-dealkylation sites (N-methyl/N-ethyl adjacent to an activating group) is 1. The summed E-state index contributed by atoms with van der Waals surface area (Å²) >= 11 is 0. The second-order valence-electron chi connectivity index (χ2n) is 8.87. The Kier molecular flexibility index (Phi) is 10.6. The average molecular weight is 561 g/mol. The number of benzene rings is 3. The second kappa shape index (κ2) is 14.1. The lowest BCUT2D eigenvalue weighted by Gasteiger charge is -2.15. The van der Waals surface area contributed by atoms with Crippen molar-refractivity contribution in [3.8, 4) is 17.2 Å². The zero-order chi connectivity index (χ0) is 29.1. The summed E-state index contributed by atoms with van der Waals surface area (Å²) in [5.74, 6) is 0.0403. The summed E-state index contributed by atoms with van der Waals surface area (Å²) in [7, 11) is 5.19. The number of urea groups is 1. The Morgan fingerprint density at radius 3 is 2.33 bits per heavy atom. The van der Waals surface area contributed by atoms with Crippen LogP contribution in [0, 0.1) is 0 Å². The molecule has 9 nitrogen and oxygen atoms in total. The molecule has 0 unspecified atom stereocenters. The molecular formula is C28H31F3N4O5. The minimum absolute atomic E-state index is 0.00103. The first-order valence-electron chi connectivity index (χ1n) is 12.3. The highest BCUT2D eigenvalue weighted by Gasteiger charge is 2.31. The third-order valence-electron chi connectivity index (χ3n) is 5.52. The lowest BCUT2D eigenvalue weighted by Crippen LogP contribution is -2.31. The SMILES string of the molecule is COc1ccc(OC(F)(F)F)cc1NC(=O)NCc1ccccc1OCc1ccc(C(=O)NCCN(C)C)cc1. The molecule has 0 spiro atoms. The number of alkyl halides is 3. The molecule has 0 atom stereocenters. The van der Waals surface area contributed by atoms with Gasteiger partial charge in [-0.25, -0.2) is 4.79 Å². The number of ether oxygens (including phenoxy) is 3. The molecular weight excluding hydrogens is 529 g/mol. The molecule has 0 bridgehead atoms. The van der Waals surface area contributed by atoms with Crippen LogP contribution < -0.4 is 30.2 Å². The molecule has 3 aromatic carbocycles. The number of nitrogens with zero attached hydrogens (tertiary/aromatic N) is 1. The van der Waals surface area contributed by atoms with Crippen LogP contribution in [-0.2, 0) is 13.2 Å². The number of para-hydroxylation sites is 1. The Morgan fingerprint density at radius 1 is 0.925 bits per heavy atom. The van der Waals surface area contributed by atoms with E-state index in [4.69, 9.17) is 9.47 Å². The molecule has 12 heteroatoms. The quantitative estimate of drug-likeness (QED) is 0.295. The molecule has 0 aromatic heterocycles. The Morgan fingerprint density at radius 2 is 1.65 bits per heavy atom. The first kappa shape index (κ1) is 30.1. The molecule has 0 saturated carbocycles. The van der Waals surface area contributed by atoms with Gasteiger partial charge in [-0.2, -0.15) is 0 Å². The molecule has 0 aliphatic heterocycles. The van der Waals surface area contributed by atoms with Crippen LogP contribution in [0.4, 0.5) is 23.7 Å². The zero-order valence-corrected chi connectivity index (χ0v) is 22.3. The Labute approximate surface area is 230 Å². The van der Waals surface area contributed by atoms with Crippen molar-refractivity contribution in [1.29, 1.82) is 0 Å². The molecule has 0 aliphatic carbocycles. The van der Waals surface area contributed by atoms with Gasteiger partial charge in [-0.3, -0.25) is 4.79 Å². The predicted octanol–water partition coefficient (Wildman–Crippen LogP) is 4.79. The van der Waals surface area contributed by atoms with Crippen LogP contribution in [0.3, 0.4) is 0 Å². The van der Waals surface area contributed by atoms with Gasteiger partial charge in [0.25, 0.3) is 5.91 Å². The van der Waals surface area contributed by atoms with Crippen molar-refractivity contribution in [2.45, 2.75) is 19.5 Å². The fourth-order valence-electron chi connectivity index (χ4n) is 3.52. The van der Waals surface area contributed by atoms with Crippen LogP contribution in [0.15, 0.2) is 66.7 Å². The van der Waals surface area contributed by atoms with E-state index in [1.807, 2.05) is 19.0 Å².